The Hall–Kier alpha value is -1.14. The van der Waals surface area contributed by atoms with E-state index in [4.69, 9.17) is 4.74 Å². The van der Waals surface area contributed by atoms with Gasteiger partial charge in [0.1, 0.15) is 0 Å². The Bertz CT molecular complexity index is 361. The highest BCUT2D eigenvalue weighted by atomic mass is 16.5. The van der Waals surface area contributed by atoms with Crippen molar-refractivity contribution in [2.75, 3.05) is 32.8 Å². The number of carbonyl (C=O) groups excluding carboxylic acids is 2. The average Bonchev–Trinajstić information content (AvgIpc) is 2.63. The number of hydrogen-bond donors (Lipinski definition) is 1. The molecule has 2 rings (SSSR count). The maximum Gasteiger partial charge on any atom is 0.242 e. The quantitative estimate of drug-likeness (QED) is 0.792. The number of carbonyl (C=O) groups is 2. The summed E-state index contributed by atoms with van der Waals surface area (Å²) in [5.41, 5.74) is 0. The zero-order chi connectivity index (χ0) is 14.5. The fourth-order valence-corrected chi connectivity index (χ4v) is 2.82. The van der Waals surface area contributed by atoms with Gasteiger partial charge in [0, 0.05) is 26.1 Å². The van der Waals surface area contributed by atoms with Crippen LogP contribution < -0.4 is 0 Å². The summed E-state index contributed by atoms with van der Waals surface area (Å²) in [4.78, 5) is 27.6. The molecule has 2 amide bonds. The highest BCUT2D eigenvalue weighted by Crippen LogP contribution is 2.14. The molecule has 2 aliphatic rings. The minimum Gasteiger partial charge on any atom is -0.394 e. The highest BCUT2D eigenvalue weighted by Gasteiger charge is 2.29. The SMILES string of the molecule is CC1CN(C(=O)CN2CCCCCC2=O)CC(CO)O1. The lowest BCUT2D eigenvalue weighted by Gasteiger charge is -2.37. The maximum atomic E-state index is 12.3. The first-order valence-electron chi connectivity index (χ1n) is 7.42. The summed E-state index contributed by atoms with van der Waals surface area (Å²) in [5.74, 6) is 0.0321. The van der Waals surface area contributed by atoms with Gasteiger partial charge in [-0.25, -0.2) is 0 Å². The second-order valence-corrected chi connectivity index (χ2v) is 5.68. The Morgan fingerprint density at radius 1 is 1.35 bits per heavy atom. The lowest BCUT2D eigenvalue weighted by Crippen LogP contribution is -2.53. The summed E-state index contributed by atoms with van der Waals surface area (Å²) in [6.45, 7) is 3.56. The smallest absolute Gasteiger partial charge is 0.242 e. The molecular weight excluding hydrogens is 260 g/mol. The first-order chi connectivity index (χ1) is 9.60. The molecule has 0 spiro atoms. The molecule has 2 fully saturated rings. The first kappa shape index (κ1) is 15.3. The molecule has 0 aromatic rings. The van der Waals surface area contributed by atoms with Crippen LogP contribution in [0.25, 0.3) is 0 Å². The number of rotatable bonds is 3. The van der Waals surface area contributed by atoms with E-state index in [1.807, 2.05) is 6.92 Å². The molecule has 0 aliphatic carbocycles. The standard InChI is InChI=1S/C14H24N2O4/c1-11-7-16(8-12(10-17)20-11)14(19)9-15-6-4-2-3-5-13(15)18/h11-12,17H,2-10H2,1H3. The van der Waals surface area contributed by atoms with Gasteiger partial charge >= 0.3 is 0 Å². The van der Waals surface area contributed by atoms with Crippen molar-refractivity contribution in [1.29, 1.82) is 0 Å². The molecule has 2 saturated heterocycles. The predicted molar refractivity (Wildman–Crippen MR) is 73.0 cm³/mol. The minimum absolute atomic E-state index is 0.0474. The van der Waals surface area contributed by atoms with Crippen molar-refractivity contribution in [2.45, 2.75) is 44.8 Å². The van der Waals surface area contributed by atoms with Crippen LogP contribution >= 0.6 is 0 Å². The number of ether oxygens (including phenoxy) is 1. The van der Waals surface area contributed by atoms with Crippen LogP contribution in [-0.4, -0.2) is 71.7 Å². The first-order valence-corrected chi connectivity index (χ1v) is 7.42. The molecule has 0 radical (unpaired) electrons. The Morgan fingerprint density at radius 3 is 2.90 bits per heavy atom. The average molecular weight is 284 g/mol. The molecule has 6 heteroatoms. The van der Waals surface area contributed by atoms with Crippen molar-refractivity contribution in [3.63, 3.8) is 0 Å². The summed E-state index contributed by atoms with van der Waals surface area (Å²) >= 11 is 0. The monoisotopic (exact) mass is 284 g/mol. The second kappa shape index (κ2) is 7.04. The van der Waals surface area contributed by atoms with Crippen LogP contribution in [0.3, 0.4) is 0 Å². The van der Waals surface area contributed by atoms with Gasteiger partial charge in [0.25, 0.3) is 0 Å². The van der Waals surface area contributed by atoms with E-state index in [9.17, 15) is 14.7 Å². The molecule has 2 atom stereocenters. The number of nitrogens with zero attached hydrogens (tertiary/aromatic N) is 2. The number of likely N-dealkylation sites (tertiary alicyclic amines) is 1. The molecule has 20 heavy (non-hydrogen) atoms. The van der Waals surface area contributed by atoms with Crippen LogP contribution in [0.2, 0.25) is 0 Å². The van der Waals surface area contributed by atoms with Gasteiger partial charge in [-0.2, -0.15) is 0 Å². The summed E-state index contributed by atoms with van der Waals surface area (Å²) in [6, 6.07) is 0. The van der Waals surface area contributed by atoms with Gasteiger partial charge in [0.2, 0.25) is 11.8 Å². The predicted octanol–water partition coefficient (Wildman–Crippen LogP) is -0.00280. The van der Waals surface area contributed by atoms with Gasteiger partial charge < -0.3 is 19.6 Å². The lowest BCUT2D eigenvalue weighted by molar-refractivity contribution is -0.151. The van der Waals surface area contributed by atoms with Crippen molar-refractivity contribution in [1.82, 2.24) is 9.80 Å². The largest absolute Gasteiger partial charge is 0.394 e. The normalized spacial score (nSPS) is 28.4. The van der Waals surface area contributed by atoms with E-state index in [1.54, 1.807) is 9.80 Å². The van der Waals surface area contributed by atoms with Crippen LogP contribution in [0.15, 0.2) is 0 Å². The zero-order valence-corrected chi connectivity index (χ0v) is 12.1. The van der Waals surface area contributed by atoms with E-state index in [0.717, 1.165) is 19.3 Å². The molecule has 2 unspecified atom stereocenters. The molecule has 2 heterocycles. The van der Waals surface area contributed by atoms with Crippen LogP contribution in [0.1, 0.15) is 32.6 Å². The summed E-state index contributed by atoms with van der Waals surface area (Å²) in [5, 5.41) is 9.18. The van der Waals surface area contributed by atoms with Crippen molar-refractivity contribution < 1.29 is 19.4 Å². The van der Waals surface area contributed by atoms with Gasteiger partial charge in [-0.15, -0.1) is 0 Å². The number of aliphatic hydroxyl groups is 1. The summed E-state index contributed by atoms with van der Waals surface area (Å²) in [6.07, 6.45) is 3.10. The topological polar surface area (TPSA) is 70.1 Å². The molecule has 0 bridgehead atoms. The fourth-order valence-electron chi connectivity index (χ4n) is 2.82. The van der Waals surface area contributed by atoms with Crippen LogP contribution in [0.5, 0.6) is 0 Å². The van der Waals surface area contributed by atoms with E-state index in [1.165, 1.54) is 0 Å². The number of aliphatic hydroxyl groups excluding tert-OH is 1. The Kier molecular flexibility index (Phi) is 5.37. The van der Waals surface area contributed by atoms with Crippen molar-refractivity contribution in [2.24, 2.45) is 0 Å². The molecular formula is C14H24N2O4. The van der Waals surface area contributed by atoms with E-state index in [-0.39, 0.29) is 37.2 Å². The second-order valence-electron chi connectivity index (χ2n) is 5.68. The maximum absolute atomic E-state index is 12.3. The van der Waals surface area contributed by atoms with E-state index >= 15 is 0 Å². The summed E-state index contributed by atoms with van der Waals surface area (Å²) in [7, 11) is 0. The van der Waals surface area contributed by atoms with E-state index < -0.39 is 0 Å². The van der Waals surface area contributed by atoms with Crippen molar-refractivity contribution >= 4 is 11.8 Å². The third kappa shape index (κ3) is 3.93. The van der Waals surface area contributed by atoms with Crippen LogP contribution in [-0.2, 0) is 14.3 Å². The van der Waals surface area contributed by atoms with Gasteiger partial charge in [-0.05, 0) is 19.8 Å². The Morgan fingerprint density at radius 2 is 2.15 bits per heavy atom. The molecule has 0 aromatic carbocycles. The Labute approximate surface area is 119 Å². The van der Waals surface area contributed by atoms with Crippen molar-refractivity contribution in [3.05, 3.63) is 0 Å². The van der Waals surface area contributed by atoms with E-state index in [0.29, 0.717) is 26.1 Å². The third-order valence-electron chi connectivity index (χ3n) is 3.88. The third-order valence-corrected chi connectivity index (χ3v) is 3.88. The van der Waals surface area contributed by atoms with Gasteiger partial charge in [-0.3, -0.25) is 9.59 Å². The Balaban J connectivity index is 1.91. The highest BCUT2D eigenvalue weighted by molar-refractivity contribution is 5.85. The lowest BCUT2D eigenvalue weighted by atomic mass is 10.2. The van der Waals surface area contributed by atoms with Gasteiger partial charge in [-0.1, -0.05) is 6.42 Å². The molecule has 6 nitrogen and oxygen atoms in total. The molecule has 2 aliphatic heterocycles. The number of amides is 2. The summed E-state index contributed by atoms with van der Waals surface area (Å²) < 4.78 is 5.52. The molecule has 114 valence electrons. The fraction of sp³-hybridized carbons (Fsp3) is 0.857. The number of hydrogen-bond acceptors (Lipinski definition) is 4. The minimum atomic E-state index is -0.317. The molecule has 0 saturated carbocycles. The number of morpholine rings is 1. The molecule has 0 aromatic heterocycles. The van der Waals surface area contributed by atoms with Gasteiger partial charge in [0.15, 0.2) is 0 Å². The van der Waals surface area contributed by atoms with Crippen LogP contribution in [0.4, 0.5) is 0 Å². The van der Waals surface area contributed by atoms with Crippen LogP contribution in [0, 0.1) is 0 Å². The van der Waals surface area contributed by atoms with Crippen molar-refractivity contribution in [3.8, 4) is 0 Å². The van der Waals surface area contributed by atoms with E-state index in [2.05, 4.69) is 0 Å². The molecule has 1 N–H and O–H groups in total. The van der Waals surface area contributed by atoms with Gasteiger partial charge in [0.05, 0.1) is 25.4 Å². The zero-order valence-electron chi connectivity index (χ0n) is 12.1.